The molecule has 3 aromatic rings. The van der Waals surface area contributed by atoms with Crippen LogP contribution in [0.15, 0.2) is 47.5 Å². The minimum atomic E-state index is -1.26. The van der Waals surface area contributed by atoms with Gasteiger partial charge in [-0.2, -0.15) is 13.8 Å². The summed E-state index contributed by atoms with van der Waals surface area (Å²) in [4.78, 5) is 22.9. The van der Waals surface area contributed by atoms with Crippen LogP contribution >= 0.6 is 0 Å². The topological polar surface area (TPSA) is 153 Å². The number of fused-ring (bicyclic) bond motifs is 2. The maximum Gasteiger partial charge on any atom is 0.308 e. The van der Waals surface area contributed by atoms with Gasteiger partial charge < -0.3 is 34.7 Å². The molecule has 0 saturated heterocycles. The Kier molecular flexibility index (Phi) is 7.94. The molecule has 3 unspecified atom stereocenters. The van der Waals surface area contributed by atoms with Gasteiger partial charge in [0.1, 0.15) is 23.0 Å². The lowest BCUT2D eigenvalue weighted by Gasteiger charge is -2.37. The first-order chi connectivity index (χ1) is 21.6. The van der Waals surface area contributed by atoms with Gasteiger partial charge in [0.2, 0.25) is 17.4 Å². The van der Waals surface area contributed by atoms with E-state index < -0.39 is 52.4 Å². The van der Waals surface area contributed by atoms with Crippen molar-refractivity contribution in [2.45, 2.75) is 37.7 Å². The monoisotopic (exact) mass is 621 g/mol. The van der Waals surface area contributed by atoms with E-state index in [1.54, 1.807) is 18.2 Å². The summed E-state index contributed by atoms with van der Waals surface area (Å²) in [6, 6.07) is 10.7. The highest BCUT2D eigenvalue weighted by molar-refractivity contribution is 6.00. The molecule has 4 N–H and O–H groups in total. The molecule has 3 aliphatic rings. The van der Waals surface area contributed by atoms with E-state index in [0.29, 0.717) is 25.8 Å². The Hall–Kier alpha value is -4.94. The van der Waals surface area contributed by atoms with Crippen LogP contribution in [0, 0.1) is 28.9 Å². The average molecular weight is 622 g/mol. The fraction of sp³-hybridized carbons (Fsp3) is 0.375. The lowest BCUT2D eigenvalue weighted by atomic mass is 9.78. The average Bonchev–Trinajstić information content (AvgIpc) is 3.59. The summed E-state index contributed by atoms with van der Waals surface area (Å²) in [6.07, 6.45) is 2.56. The molecule has 2 bridgehead atoms. The number of amidine groups is 2. The molecule has 1 aliphatic heterocycles. The molecule has 236 valence electrons. The highest BCUT2D eigenvalue weighted by Gasteiger charge is 2.50. The first-order valence-electron chi connectivity index (χ1n) is 14.6. The minimum absolute atomic E-state index is 0.132. The van der Waals surface area contributed by atoms with E-state index >= 15 is 8.78 Å². The first-order valence-corrected chi connectivity index (χ1v) is 14.6. The highest BCUT2D eigenvalue weighted by atomic mass is 19.1. The van der Waals surface area contributed by atoms with E-state index in [0.717, 1.165) is 24.4 Å². The predicted molar refractivity (Wildman–Crippen MR) is 159 cm³/mol. The second-order valence-corrected chi connectivity index (χ2v) is 11.7. The van der Waals surface area contributed by atoms with Crippen molar-refractivity contribution in [3.8, 4) is 34.8 Å². The Labute approximate surface area is 258 Å². The van der Waals surface area contributed by atoms with Crippen LogP contribution in [0.2, 0.25) is 0 Å². The number of nitrogens with one attached hydrogen (secondary N) is 1. The van der Waals surface area contributed by atoms with Crippen LogP contribution in [0.5, 0.6) is 34.8 Å². The number of esters is 1. The number of aromatic nitrogens is 1. The van der Waals surface area contributed by atoms with Crippen molar-refractivity contribution in [1.82, 2.24) is 9.88 Å². The Morgan fingerprint density at radius 1 is 1.13 bits per heavy atom. The number of halogens is 2. The van der Waals surface area contributed by atoms with Crippen molar-refractivity contribution >= 4 is 17.6 Å². The van der Waals surface area contributed by atoms with Crippen LogP contribution in [0.25, 0.3) is 0 Å². The third-order valence-electron chi connectivity index (χ3n) is 8.58. The number of nitrogens with zero attached hydrogens (tertiary/aromatic N) is 3. The van der Waals surface area contributed by atoms with E-state index in [-0.39, 0.29) is 35.2 Å². The lowest BCUT2D eigenvalue weighted by Crippen LogP contribution is -2.41. The molecule has 11 nitrogen and oxygen atoms in total. The number of pyridine rings is 1. The zero-order chi connectivity index (χ0) is 31.9. The summed E-state index contributed by atoms with van der Waals surface area (Å²) in [5, 5.41) is 18.1. The number of hydrogen-bond donors (Lipinski definition) is 3. The Morgan fingerprint density at radius 2 is 1.91 bits per heavy atom. The molecule has 2 heterocycles. The summed E-state index contributed by atoms with van der Waals surface area (Å²) < 4.78 is 55.1. The smallest absolute Gasteiger partial charge is 0.308 e. The molecule has 45 heavy (non-hydrogen) atoms. The maximum atomic E-state index is 16.2. The third kappa shape index (κ3) is 5.94. The van der Waals surface area contributed by atoms with Crippen molar-refractivity contribution in [3.05, 3.63) is 65.2 Å². The molecule has 0 amide bonds. The van der Waals surface area contributed by atoms with E-state index in [2.05, 4.69) is 9.98 Å². The van der Waals surface area contributed by atoms with E-state index in [4.69, 9.17) is 30.1 Å². The van der Waals surface area contributed by atoms with E-state index in [1.165, 1.54) is 25.3 Å². The van der Waals surface area contributed by atoms with Gasteiger partial charge in [0.05, 0.1) is 19.6 Å². The molecular formula is C32H33F2N5O6. The zero-order valence-corrected chi connectivity index (χ0v) is 24.8. The number of rotatable bonds is 9. The van der Waals surface area contributed by atoms with Gasteiger partial charge in [-0.05, 0) is 61.9 Å². The molecule has 1 aromatic heterocycles. The fourth-order valence-electron chi connectivity index (χ4n) is 6.44. The molecule has 2 aromatic carbocycles. The predicted octanol–water partition coefficient (Wildman–Crippen LogP) is 5.13. The number of benzene rings is 2. The van der Waals surface area contributed by atoms with Gasteiger partial charge in [-0.15, -0.1) is 0 Å². The second-order valence-electron chi connectivity index (χ2n) is 11.7. The summed E-state index contributed by atoms with van der Waals surface area (Å²) in [7, 11) is 3.22. The molecule has 2 aliphatic carbocycles. The molecule has 13 heteroatoms. The van der Waals surface area contributed by atoms with Crippen molar-refractivity contribution in [1.29, 1.82) is 5.41 Å². The summed E-state index contributed by atoms with van der Waals surface area (Å²) in [5.41, 5.74) is 5.49. The molecule has 2 fully saturated rings. The largest absolute Gasteiger partial charge is 0.504 e. The quantitative estimate of drug-likeness (QED) is 0.168. The zero-order valence-electron chi connectivity index (χ0n) is 24.8. The van der Waals surface area contributed by atoms with Crippen molar-refractivity contribution < 1.29 is 37.6 Å². The van der Waals surface area contributed by atoms with Crippen molar-refractivity contribution in [3.63, 3.8) is 0 Å². The number of likely N-dealkylation sites (N-methyl/N-ethyl adjacent to an activating group) is 1. The van der Waals surface area contributed by atoms with Gasteiger partial charge in [-0.3, -0.25) is 15.2 Å². The number of carbonyl (C=O) groups excluding carboxylic acids is 1. The fourth-order valence-corrected chi connectivity index (χ4v) is 6.44. The van der Waals surface area contributed by atoms with Crippen LogP contribution in [-0.4, -0.2) is 65.5 Å². The number of ether oxygens (including phenoxy) is 4. The lowest BCUT2D eigenvalue weighted by molar-refractivity contribution is -0.149. The Balaban J connectivity index is 1.40. The Morgan fingerprint density at radius 3 is 2.62 bits per heavy atom. The van der Waals surface area contributed by atoms with Gasteiger partial charge in [-0.25, -0.2) is 0 Å². The number of phenolic OH excluding ortho intramolecular Hbond substituents is 1. The number of nitrogens with two attached hydrogens (primary N) is 1. The van der Waals surface area contributed by atoms with Crippen molar-refractivity contribution in [2.24, 2.45) is 22.6 Å². The van der Waals surface area contributed by atoms with Crippen molar-refractivity contribution in [2.75, 3.05) is 27.2 Å². The summed E-state index contributed by atoms with van der Waals surface area (Å²) >= 11 is 0. The van der Waals surface area contributed by atoms with Gasteiger partial charge in [-0.1, -0.05) is 12.1 Å². The number of aliphatic imine (C=N–C) groups is 1. The number of hydrogen-bond acceptors (Lipinski definition) is 10. The second kappa shape index (κ2) is 11.9. The van der Waals surface area contributed by atoms with Crippen LogP contribution in [0.1, 0.15) is 43.2 Å². The summed E-state index contributed by atoms with van der Waals surface area (Å²) in [6.45, 7) is 1.40. The maximum absolute atomic E-state index is 16.2. The number of carbonyl (C=O) groups is 1. The van der Waals surface area contributed by atoms with Gasteiger partial charge >= 0.3 is 5.97 Å². The molecular weight excluding hydrogens is 588 g/mol. The Bertz CT molecular complexity index is 1700. The number of phenols is 1. The summed E-state index contributed by atoms with van der Waals surface area (Å²) in [5.74, 6) is -5.37. The van der Waals surface area contributed by atoms with Crippen LogP contribution in [0.4, 0.5) is 8.78 Å². The van der Waals surface area contributed by atoms with Gasteiger partial charge in [0, 0.05) is 31.1 Å². The molecule has 2 saturated carbocycles. The van der Waals surface area contributed by atoms with Gasteiger partial charge in [0.25, 0.3) is 11.8 Å². The molecule has 0 spiro atoms. The van der Waals surface area contributed by atoms with Crippen LogP contribution < -0.4 is 19.9 Å². The molecule has 6 rings (SSSR count). The van der Waals surface area contributed by atoms with Crippen LogP contribution in [-0.2, 0) is 9.53 Å². The van der Waals surface area contributed by atoms with Gasteiger partial charge in [0.15, 0.2) is 11.5 Å². The standard InChI is InChI=1S/C32H33F2N5O6/c1-39-11-10-37-28(39)19-4-3-5-21(13-19)43-29-24(33)26(45-32-9-8-17(15-32)12-20(16-32)31(41)42-2)25(34)30(38-29)44-23-14-18(27(35)36)6-7-22(23)40/h3-7,13-14,17,20,40H,8-12,15-16H2,1-2H3,(H3,35,36). The number of methoxy groups -OCH3 is 1. The first kappa shape index (κ1) is 30.1. The van der Waals surface area contributed by atoms with E-state index in [1.807, 2.05) is 18.0 Å². The number of nitrogen functional groups attached to an aromatic ring is 1. The normalized spacial score (nSPS) is 22.1. The SMILES string of the molecule is COC(=O)C1CC2CCC(Oc3c(F)c(Oc4cccc(C5=NCCN5C)c4)nc(Oc4cc(C(=N)N)ccc4O)c3F)(C2)C1. The minimum Gasteiger partial charge on any atom is -0.504 e. The van der Waals surface area contributed by atoms with Crippen LogP contribution in [0.3, 0.4) is 0 Å². The van der Waals surface area contributed by atoms with E-state index in [9.17, 15) is 9.90 Å². The number of aromatic hydroxyl groups is 1. The third-order valence-corrected chi connectivity index (χ3v) is 8.58. The molecule has 3 atom stereocenters. The highest BCUT2D eigenvalue weighted by Crippen LogP contribution is 2.52. The molecule has 0 radical (unpaired) electrons.